The van der Waals surface area contributed by atoms with Crippen LogP contribution in [0, 0.1) is 23.7 Å². The molecule has 16 heteroatoms. The highest BCUT2D eigenvalue weighted by Crippen LogP contribution is 2.46. The first-order valence-corrected chi connectivity index (χ1v) is 23.9. The Balaban J connectivity index is 0.937. The predicted molar refractivity (Wildman–Crippen MR) is 246 cm³/mol. The van der Waals surface area contributed by atoms with Crippen LogP contribution in [0.3, 0.4) is 0 Å². The van der Waals surface area contributed by atoms with Gasteiger partial charge in [-0.15, -0.1) is 0 Å². The molecule has 0 bridgehead atoms. The largest absolute Gasteiger partial charge is 0.488 e. The molecule has 5 atom stereocenters. The average molecular weight is 905 g/mol. The van der Waals surface area contributed by atoms with Gasteiger partial charge < -0.3 is 49.3 Å². The van der Waals surface area contributed by atoms with E-state index in [4.69, 9.17) is 28.9 Å². The lowest BCUT2D eigenvalue weighted by Gasteiger charge is -2.30. The second-order valence-electron chi connectivity index (χ2n) is 19.5. The number of hydrogen-bond donors (Lipinski definition) is 4. The molecule has 4 amide bonds. The molecule has 66 heavy (non-hydrogen) atoms. The summed E-state index contributed by atoms with van der Waals surface area (Å²) in [5.41, 5.74) is 9.23. The minimum Gasteiger partial charge on any atom is -0.488 e. The van der Waals surface area contributed by atoms with E-state index in [2.05, 4.69) is 50.9 Å². The van der Waals surface area contributed by atoms with Gasteiger partial charge in [0.05, 0.1) is 56.2 Å². The normalized spacial score (nSPS) is 20.9. The van der Waals surface area contributed by atoms with Crippen molar-refractivity contribution in [2.24, 2.45) is 23.7 Å². The first kappa shape index (κ1) is 45.3. The highest BCUT2D eigenvalue weighted by molar-refractivity contribution is 5.88. The molecule has 3 aliphatic heterocycles. The van der Waals surface area contributed by atoms with Gasteiger partial charge in [-0.3, -0.25) is 9.59 Å². The molecule has 2 aliphatic carbocycles. The Hall–Kier alpha value is -5.90. The molecule has 2 aromatic carbocycles. The molecule has 2 aromatic heterocycles. The van der Waals surface area contributed by atoms with Gasteiger partial charge in [0, 0.05) is 36.7 Å². The van der Waals surface area contributed by atoms with E-state index >= 15 is 0 Å². The van der Waals surface area contributed by atoms with Gasteiger partial charge in [-0.25, -0.2) is 19.6 Å². The van der Waals surface area contributed by atoms with Gasteiger partial charge in [-0.05, 0) is 103 Å². The van der Waals surface area contributed by atoms with Crippen LogP contribution in [0.25, 0.3) is 33.6 Å². The summed E-state index contributed by atoms with van der Waals surface area (Å²) < 4.78 is 22.5. The van der Waals surface area contributed by atoms with Crippen LogP contribution in [0.15, 0.2) is 36.5 Å². The van der Waals surface area contributed by atoms with Crippen LogP contribution in [0.5, 0.6) is 5.75 Å². The van der Waals surface area contributed by atoms with E-state index in [1.807, 2.05) is 43.7 Å². The lowest BCUT2D eigenvalue weighted by atomic mass is 9.86. The number of benzene rings is 2. The zero-order valence-electron chi connectivity index (χ0n) is 39.0. The van der Waals surface area contributed by atoms with E-state index in [1.54, 1.807) is 0 Å². The molecule has 5 heterocycles. The third-order valence-electron chi connectivity index (χ3n) is 14.4. The number of likely N-dealkylation sites (tertiary alicyclic amines) is 2. The highest BCUT2D eigenvalue weighted by atomic mass is 16.5. The number of aryl methyl sites for hydroxylation is 2. The maximum absolute atomic E-state index is 14.3. The Labute approximate surface area is 386 Å². The van der Waals surface area contributed by atoms with Gasteiger partial charge in [0.15, 0.2) is 0 Å². The molecule has 0 unspecified atom stereocenters. The summed E-state index contributed by atoms with van der Waals surface area (Å²) in [6.07, 6.45) is 9.41. The standard InChI is InChI=1S/C50H64N8O8/c1-27(2)42(55-49(61)63-5)47(59)57-17-9-12-39(57)45-51-22-38(53-45)32-13-15-34-33(19-32)26-66-41-21-35-31(20-36(34)41)14-16-37-44(35)54-46(52-37)40-18-30(25-65-24-29-10-7-8-11-29)23-58(40)48(60)43(28(3)4)56-50(62)64-6/h13,15,19-22,27-30,39-40,42-43H,7-12,14,16-18,23-26H2,1-6H3,(H,51,53)(H,52,54)(H,55,61)(H,56,62)/t30-,39-,40-,42-,43-/m0/s1. The number of carbonyl (C=O) groups excluding carboxylic acids is 4. The van der Waals surface area contributed by atoms with Crippen LogP contribution in [0.1, 0.15) is 113 Å². The number of aromatic nitrogens is 4. The molecule has 16 nitrogen and oxygen atoms in total. The minimum atomic E-state index is -0.745. The molecule has 0 radical (unpaired) electrons. The Morgan fingerprint density at radius 3 is 2.20 bits per heavy atom. The number of carbonyl (C=O) groups is 4. The summed E-state index contributed by atoms with van der Waals surface area (Å²) in [6.45, 7) is 10.5. The number of methoxy groups -OCH3 is 2. The molecule has 9 rings (SSSR count). The van der Waals surface area contributed by atoms with Crippen molar-refractivity contribution in [3.63, 3.8) is 0 Å². The van der Waals surface area contributed by atoms with E-state index in [1.165, 1.54) is 45.5 Å². The monoisotopic (exact) mass is 904 g/mol. The third-order valence-corrected chi connectivity index (χ3v) is 14.4. The minimum absolute atomic E-state index is 0.117. The summed E-state index contributed by atoms with van der Waals surface area (Å²) in [6, 6.07) is 8.80. The molecule has 4 N–H and O–H groups in total. The number of H-pyrrole nitrogens is 2. The summed E-state index contributed by atoms with van der Waals surface area (Å²) >= 11 is 0. The lowest BCUT2D eigenvalue weighted by molar-refractivity contribution is -0.136. The number of amides is 4. The van der Waals surface area contributed by atoms with Gasteiger partial charge in [0.2, 0.25) is 11.8 Å². The molecule has 5 aliphatic rings. The van der Waals surface area contributed by atoms with Crippen molar-refractivity contribution in [1.29, 1.82) is 0 Å². The van der Waals surface area contributed by atoms with Gasteiger partial charge in [-0.2, -0.15) is 0 Å². The lowest BCUT2D eigenvalue weighted by Crippen LogP contribution is -2.51. The predicted octanol–water partition coefficient (Wildman–Crippen LogP) is 7.65. The van der Waals surface area contributed by atoms with Crippen molar-refractivity contribution < 1.29 is 38.1 Å². The zero-order valence-corrected chi connectivity index (χ0v) is 39.0. The second-order valence-corrected chi connectivity index (χ2v) is 19.5. The average Bonchev–Trinajstić information content (AvgIpc) is 4.18. The number of nitrogens with zero attached hydrogens (tertiary/aromatic N) is 4. The van der Waals surface area contributed by atoms with Crippen LogP contribution in [0.4, 0.5) is 9.59 Å². The van der Waals surface area contributed by atoms with Crippen LogP contribution < -0.4 is 15.4 Å². The van der Waals surface area contributed by atoms with Crippen molar-refractivity contribution in [3.05, 3.63) is 65.0 Å². The summed E-state index contributed by atoms with van der Waals surface area (Å²) in [5.74, 6) is 2.46. The van der Waals surface area contributed by atoms with Gasteiger partial charge in [0.1, 0.15) is 36.1 Å². The van der Waals surface area contributed by atoms with Crippen molar-refractivity contribution >= 4 is 24.0 Å². The number of rotatable bonds is 13. The smallest absolute Gasteiger partial charge is 0.407 e. The number of fused-ring (bicyclic) bond motifs is 6. The number of ether oxygens (including phenoxy) is 4. The van der Waals surface area contributed by atoms with E-state index in [-0.39, 0.29) is 41.7 Å². The molecule has 352 valence electrons. The van der Waals surface area contributed by atoms with E-state index < -0.39 is 24.3 Å². The van der Waals surface area contributed by atoms with E-state index in [0.29, 0.717) is 38.6 Å². The summed E-state index contributed by atoms with van der Waals surface area (Å²) in [7, 11) is 2.60. The number of nitrogens with one attached hydrogen (secondary N) is 4. The van der Waals surface area contributed by atoms with Gasteiger partial charge >= 0.3 is 12.2 Å². The van der Waals surface area contributed by atoms with Crippen LogP contribution in [-0.2, 0) is 43.2 Å². The molecule has 3 fully saturated rings. The molecule has 4 aromatic rings. The fraction of sp³-hybridized carbons (Fsp3) is 0.560. The van der Waals surface area contributed by atoms with Crippen molar-refractivity contribution in [2.45, 2.75) is 116 Å². The molecule has 2 saturated heterocycles. The van der Waals surface area contributed by atoms with Gasteiger partial charge in [0.25, 0.3) is 0 Å². The Morgan fingerprint density at radius 2 is 1.48 bits per heavy atom. The first-order valence-electron chi connectivity index (χ1n) is 23.9. The number of alkyl carbamates (subject to hydrolysis) is 2. The second kappa shape index (κ2) is 19.1. The number of aromatic amines is 2. The van der Waals surface area contributed by atoms with E-state index in [0.717, 1.165) is 94.6 Å². The Kier molecular flexibility index (Phi) is 13.1. The quantitative estimate of drug-likeness (QED) is 0.104. The van der Waals surface area contributed by atoms with Crippen LogP contribution >= 0.6 is 0 Å². The molecular weight excluding hydrogens is 841 g/mol. The first-order chi connectivity index (χ1) is 31.9. The summed E-state index contributed by atoms with van der Waals surface area (Å²) in [4.78, 5) is 73.3. The SMILES string of the molecule is COC(=O)N[C@H](C(=O)N1CCC[C@H]1c1ncc(-c2ccc3c(c2)COc2cc4c(cc2-3)CCc2nc([C@@H]3C[C@H](COCC5CCCC5)CN3C(=O)[C@@H](NC(=O)OC)C(C)C)[nH]c2-4)[nH]1)C(C)C. The summed E-state index contributed by atoms with van der Waals surface area (Å²) in [5, 5.41) is 5.51. The zero-order chi connectivity index (χ0) is 46.2. The fourth-order valence-corrected chi connectivity index (χ4v) is 10.8. The van der Waals surface area contributed by atoms with Gasteiger partial charge in [-0.1, -0.05) is 52.7 Å². The van der Waals surface area contributed by atoms with Crippen LogP contribution in [0.2, 0.25) is 0 Å². The molecule has 1 saturated carbocycles. The maximum atomic E-state index is 14.3. The molecular formula is C50H64N8O8. The molecule has 0 spiro atoms. The van der Waals surface area contributed by atoms with Crippen molar-refractivity contribution in [3.8, 4) is 39.4 Å². The Bertz CT molecular complexity index is 2450. The van der Waals surface area contributed by atoms with Crippen molar-refractivity contribution in [1.82, 2.24) is 40.4 Å². The Morgan fingerprint density at radius 1 is 0.773 bits per heavy atom. The van der Waals surface area contributed by atoms with Crippen LogP contribution in [-0.4, -0.2) is 106 Å². The van der Waals surface area contributed by atoms with Crippen molar-refractivity contribution in [2.75, 3.05) is 40.5 Å². The number of hydrogen-bond acceptors (Lipinski definition) is 10. The topological polar surface area (TPSA) is 193 Å². The fourth-order valence-electron chi connectivity index (χ4n) is 10.8. The highest BCUT2D eigenvalue weighted by Gasteiger charge is 2.43. The van der Waals surface area contributed by atoms with E-state index in [9.17, 15) is 19.2 Å². The third kappa shape index (κ3) is 9.00. The number of imidazole rings is 2. The maximum Gasteiger partial charge on any atom is 0.407 e.